The third kappa shape index (κ3) is 2.78. The Balaban J connectivity index is 2.60. The summed E-state index contributed by atoms with van der Waals surface area (Å²) < 4.78 is 4.24. The van der Waals surface area contributed by atoms with E-state index >= 15 is 0 Å². The van der Waals surface area contributed by atoms with E-state index in [1.807, 2.05) is 18.2 Å². The van der Waals surface area contributed by atoms with E-state index < -0.39 is 0 Å². The molecule has 2 rings (SSSR count). The van der Waals surface area contributed by atoms with Crippen molar-refractivity contribution in [2.24, 2.45) is 0 Å². The highest BCUT2D eigenvalue weighted by atomic mass is 79.9. The fourth-order valence-electron chi connectivity index (χ4n) is 1.40. The molecule has 0 amide bonds. The van der Waals surface area contributed by atoms with Crippen LogP contribution in [0.4, 0.5) is 0 Å². The Labute approximate surface area is 128 Å². The van der Waals surface area contributed by atoms with Gasteiger partial charge in [-0.05, 0) is 67.3 Å². The van der Waals surface area contributed by atoms with Gasteiger partial charge in [-0.3, -0.25) is 0 Å². The maximum Gasteiger partial charge on any atom is 0.0329 e. The van der Waals surface area contributed by atoms with Crippen LogP contribution in [0.2, 0.25) is 0 Å². The van der Waals surface area contributed by atoms with Crippen molar-refractivity contribution in [1.82, 2.24) is 0 Å². The fraction of sp³-hybridized carbons (Fsp3) is 0. The van der Waals surface area contributed by atoms with Crippen LogP contribution in [0.15, 0.2) is 54.3 Å². The van der Waals surface area contributed by atoms with Gasteiger partial charge in [-0.25, -0.2) is 0 Å². The lowest BCUT2D eigenvalue weighted by Crippen LogP contribution is -1.82. The van der Waals surface area contributed by atoms with Gasteiger partial charge in [-0.1, -0.05) is 44.0 Å². The fourth-order valence-corrected chi connectivity index (χ4v) is 3.37. The highest BCUT2D eigenvalue weighted by Gasteiger charge is 2.07. The van der Waals surface area contributed by atoms with Gasteiger partial charge < -0.3 is 0 Å². The number of rotatable bonds is 1. The van der Waals surface area contributed by atoms with E-state index in [4.69, 9.17) is 0 Å². The lowest BCUT2D eigenvalue weighted by molar-refractivity contribution is 1.51. The van der Waals surface area contributed by atoms with E-state index in [9.17, 15) is 0 Å². The largest absolute Gasteiger partial charge is 0.0605 e. The van der Waals surface area contributed by atoms with Crippen LogP contribution in [0.5, 0.6) is 0 Å². The zero-order valence-electron chi connectivity index (χ0n) is 7.98. The summed E-state index contributed by atoms with van der Waals surface area (Å²) in [6.45, 7) is 0. The summed E-state index contributed by atoms with van der Waals surface area (Å²) in [5, 5.41) is 0. The summed E-state index contributed by atoms with van der Waals surface area (Å²) in [4.78, 5) is 0. The Morgan fingerprint density at radius 1 is 0.688 bits per heavy atom. The lowest BCUT2D eigenvalue weighted by Gasteiger charge is -2.07. The first-order valence-corrected chi connectivity index (χ1v) is 7.65. The maximum atomic E-state index is 3.58. The first-order chi connectivity index (χ1) is 7.58. The van der Waals surface area contributed by atoms with Gasteiger partial charge in [-0.15, -0.1) is 0 Å². The molecule has 0 N–H and O–H groups in total. The van der Waals surface area contributed by atoms with Crippen LogP contribution >= 0.6 is 63.7 Å². The highest BCUT2D eigenvalue weighted by molar-refractivity contribution is 9.13. The Morgan fingerprint density at radius 3 is 2.06 bits per heavy atom. The third-order valence-corrected chi connectivity index (χ3v) is 5.14. The van der Waals surface area contributed by atoms with Crippen molar-refractivity contribution in [3.63, 3.8) is 0 Å². The number of benzene rings is 2. The first kappa shape index (κ1) is 12.8. The van der Waals surface area contributed by atoms with Crippen LogP contribution in [0, 0.1) is 0 Å². The van der Waals surface area contributed by atoms with Gasteiger partial charge in [-0.2, -0.15) is 0 Å². The molecule has 0 aliphatic heterocycles. The predicted octanol–water partition coefficient (Wildman–Crippen LogP) is 6.40. The number of halogens is 4. The first-order valence-electron chi connectivity index (χ1n) is 4.48. The normalized spacial score (nSPS) is 10.5. The molecule has 0 bridgehead atoms. The molecule has 0 atom stereocenters. The molecule has 16 heavy (non-hydrogen) atoms. The van der Waals surface area contributed by atoms with Crippen LogP contribution in [-0.2, 0) is 0 Å². The molecular weight excluding hydrogens is 464 g/mol. The molecule has 0 aliphatic carbocycles. The van der Waals surface area contributed by atoms with Gasteiger partial charge in [0, 0.05) is 17.9 Å². The molecule has 0 unspecified atom stereocenters. The monoisotopic (exact) mass is 466 g/mol. The summed E-state index contributed by atoms with van der Waals surface area (Å²) >= 11 is 14.1. The van der Waals surface area contributed by atoms with Crippen molar-refractivity contribution in [3.8, 4) is 11.1 Å². The summed E-state index contributed by atoms with van der Waals surface area (Å²) in [6.07, 6.45) is 0. The molecule has 4 heteroatoms. The molecule has 0 saturated heterocycles. The molecule has 82 valence electrons. The lowest BCUT2D eigenvalue weighted by atomic mass is 10.1. The average Bonchev–Trinajstić information content (AvgIpc) is 2.23. The van der Waals surface area contributed by atoms with E-state index in [1.54, 1.807) is 0 Å². The minimum Gasteiger partial charge on any atom is -0.0605 e. The summed E-state index contributed by atoms with van der Waals surface area (Å²) in [6, 6.07) is 12.4. The van der Waals surface area contributed by atoms with Crippen molar-refractivity contribution < 1.29 is 0 Å². The molecule has 2 aromatic rings. The van der Waals surface area contributed by atoms with Gasteiger partial charge in [0.1, 0.15) is 0 Å². The van der Waals surface area contributed by atoms with E-state index in [0.717, 1.165) is 23.5 Å². The highest BCUT2D eigenvalue weighted by Crippen LogP contribution is 2.36. The molecule has 0 radical (unpaired) electrons. The second kappa shape index (κ2) is 5.34. The molecule has 0 spiro atoms. The van der Waals surface area contributed by atoms with Crippen molar-refractivity contribution in [2.45, 2.75) is 0 Å². The summed E-state index contributed by atoms with van der Waals surface area (Å²) in [5.41, 5.74) is 2.34. The molecule has 0 aromatic heterocycles. The SMILES string of the molecule is Brc1cccc(-c2cc(Br)c(Br)cc2Br)c1. The number of hydrogen-bond donors (Lipinski definition) is 0. The van der Waals surface area contributed by atoms with E-state index in [-0.39, 0.29) is 0 Å². The molecule has 0 nitrogen and oxygen atoms in total. The molecule has 2 aromatic carbocycles. The van der Waals surface area contributed by atoms with Crippen LogP contribution in [0.3, 0.4) is 0 Å². The Morgan fingerprint density at radius 2 is 1.38 bits per heavy atom. The van der Waals surface area contributed by atoms with Gasteiger partial charge >= 0.3 is 0 Å². The molecule has 0 fully saturated rings. The topological polar surface area (TPSA) is 0 Å². The maximum absolute atomic E-state index is 3.58. The zero-order valence-corrected chi connectivity index (χ0v) is 14.3. The van der Waals surface area contributed by atoms with Crippen molar-refractivity contribution in [2.75, 3.05) is 0 Å². The zero-order chi connectivity index (χ0) is 11.7. The smallest absolute Gasteiger partial charge is 0.0329 e. The predicted molar refractivity (Wildman–Crippen MR) is 82.7 cm³/mol. The summed E-state index contributed by atoms with van der Waals surface area (Å²) in [5.74, 6) is 0. The van der Waals surface area contributed by atoms with Crippen LogP contribution in [0.25, 0.3) is 11.1 Å². The molecule has 0 saturated carbocycles. The van der Waals surface area contributed by atoms with Crippen molar-refractivity contribution >= 4 is 63.7 Å². The quantitative estimate of drug-likeness (QED) is 0.424. The Bertz CT molecular complexity index is 535. The van der Waals surface area contributed by atoms with E-state index in [2.05, 4.69) is 81.9 Å². The van der Waals surface area contributed by atoms with E-state index in [1.165, 1.54) is 5.56 Å². The number of hydrogen-bond acceptors (Lipinski definition) is 0. The Hall–Kier alpha value is 0.360. The van der Waals surface area contributed by atoms with E-state index in [0.29, 0.717) is 0 Å². The van der Waals surface area contributed by atoms with Gasteiger partial charge in [0.15, 0.2) is 0 Å². The Kier molecular flexibility index (Phi) is 4.27. The standard InChI is InChI=1S/C12H6Br4/c13-8-3-1-2-7(4-8)9-5-11(15)12(16)6-10(9)14/h1-6H. The van der Waals surface area contributed by atoms with Crippen LogP contribution in [0.1, 0.15) is 0 Å². The summed E-state index contributed by atoms with van der Waals surface area (Å²) in [7, 11) is 0. The molecular formula is C12H6Br4. The minimum absolute atomic E-state index is 1.04. The second-order valence-corrected chi connectivity index (χ2v) is 6.74. The van der Waals surface area contributed by atoms with Crippen molar-refractivity contribution in [1.29, 1.82) is 0 Å². The van der Waals surface area contributed by atoms with Crippen LogP contribution in [-0.4, -0.2) is 0 Å². The average molecular weight is 470 g/mol. The van der Waals surface area contributed by atoms with Gasteiger partial charge in [0.2, 0.25) is 0 Å². The van der Waals surface area contributed by atoms with Crippen LogP contribution < -0.4 is 0 Å². The van der Waals surface area contributed by atoms with Gasteiger partial charge in [0.25, 0.3) is 0 Å². The second-order valence-electron chi connectivity index (χ2n) is 3.26. The third-order valence-electron chi connectivity index (χ3n) is 2.15. The molecule has 0 heterocycles. The minimum atomic E-state index is 1.04. The van der Waals surface area contributed by atoms with Gasteiger partial charge in [0.05, 0.1) is 0 Å². The van der Waals surface area contributed by atoms with Crippen molar-refractivity contribution in [3.05, 3.63) is 54.3 Å². The molecule has 0 aliphatic rings.